The van der Waals surface area contributed by atoms with Crippen molar-refractivity contribution in [3.63, 3.8) is 0 Å². The van der Waals surface area contributed by atoms with Gasteiger partial charge in [0.1, 0.15) is 5.60 Å². The predicted octanol–water partition coefficient (Wildman–Crippen LogP) is 2.27. The van der Waals surface area contributed by atoms with Gasteiger partial charge < -0.3 is 4.74 Å². The molecule has 20 heavy (non-hydrogen) atoms. The fourth-order valence-electron chi connectivity index (χ4n) is 2.06. The molecular formula is C15H20N2O3. The van der Waals surface area contributed by atoms with Gasteiger partial charge in [0.2, 0.25) is 5.91 Å². The first kappa shape index (κ1) is 14.4. The zero-order chi connectivity index (χ0) is 14.8. The second kappa shape index (κ2) is 5.15. The summed E-state index contributed by atoms with van der Waals surface area (Å²) in [7, 11) is 0. The largest absolute Gasteiger partial charge is 0.443 e. The average Bonchev–Trinajstić information content (AvgIpc) is 3.16. The Labute approximate surface area is 118 Å². The highest BCUT2D eigenvalue weighted by molar-refractivity contribution is 5.92. The van der Waals surface area contributed by atoms with Crippen LogP contribution in [0.1, 0.15) is 39.2 Å². The summed E-state index contributed by atoms with van der Waals surface area (Å²) in [6.07, 6.45) is 0.923. The van der Waals surface area contributed by atoms with Crippen LogP contribution in [0.15, 0.2) is 30.3 Å². The summed E-state index contributed by atoms with van der Waals surface area (Å²) in [5.74, 6) is -0.199. The number of hydrazine groups is 1. The molecule has 108 valence electrons. The maximum Gasteiger partial charge on any atom is 0.426 e. The third-order valence-corrected chi connectivity index (χ3v) is 3.19. The third-order valence-electron chi connectivity index (χ3n) is 3.19. The van der Waals surface area contributed by atoms with E-state index in [1.807, 2.05) is 30.3 Å². The van der Waals surface area contributed by atoms with Gasteiger partial charge in [0.15, 0.2) is 0 Å². The molecule has 0 aromatic heterocycles. The molecule has 5 nitrogen and oxygen atoms in total. The lowest BCUT2D eigenvalue weighted by molar-refractivity contribution is -0.124. The highest BCUT2D eigenvalue weighted by Crippen LogP contribution is 2.48. The van der Waals surface area contributed by atoms with Crippen molar-refractivity contribution in [3.8, 4) is 0 Å². The van der Waals surface area contributed by atoms with E-state index in [1.165, 1.54) is 0 Å². The summed E-state index contributed by atoms with van der Waals surface area (Å²) in [5.41, 5.74) is 4.62. The molecule has 2 rings (SSSR count). The van der Waals surface area contributed by atoms with Crippen molar-refractivity contribution in [1.82, 2.24) is 10.9 Å². The molecule has 0 bridgehead atoms. The van der Waals surface area contributed by atoms with Gasteiger partial charge in [0, 0.05) is 0 Å². The van der Waals surface area contributed by atoms with Gasteiger partial charge >= 0.3 is 6.09 Å². The van der Waals surface area contributed by atoms with Crippen molar-refractivity contribution >= 4 is 12.0 Å². The van der Waals surface area contributed by atoms with Crippen LogP contribution in [0.2, 0.25) is 0 Å². The van der Waals surface area contributed by atoms with Crippen LogP contribution in [0, 0.1) is 0 Å². The Bertz CT molecular complexity index is 502. The SMILES string of the molecule is CC(C)(C)OC(=O)NNC(=O)C1(c2ccccc2)CC1. The molecule has 0 atom stereocenters. The monoisotopic (exact) mass is 276 g/mol. The fraction of sp³-hybridized carbons (Fsp3) is 0.467. The fourth-order valence-corrected chi connectivity index (χ4v) is 2.06. The summed E-state index contributed by atoms with van der Waals surface area (Å²) in [4.78, 5) is 23.7. The van der Waals surface area contributed by atoms with Crippen molar-refractivity contribution in [1.29, 1.82) is 0 Å². The van der Waals surface area contributed by atoms with Crippen molar-refractivity contribution in [3.05, 3.63) is 35.9 Å². The Morgan fingerprint density at radius 2 is 1.70 bits per heavy atom. The molecule has 0 spiro atoms. The van der Waals surface area contributed by atoms with E-state index in [0.717, 1.165) is 18.4 Å². The minimum absolute atomic E-state index is 0.199. The number of amides is 2. The Kier molecular flexibility index (Phi) is 3.70. The molecule has 0 radical (unpaired) electrons. The van der Waals surface area contributed by atoms with E-state index in [-0.39, 0.29) is 5.91 Å². The number of benzene rings is 1. The van der Waals surface area contributed by atoms with E-state index in [4.69, 9.17) is 4.74 Å². The number of hydrogen-bond acceptors (Lipinski definition) is 3. The van der Waals surface area contributed by atoms with Crippen molar-refractivity contribution in [2.24, 2.45) is 0 Å². The quantitative estimate of drug-likeness (QED) is 0.814. The summed E-state index contributed by atoms with van der Waals surface area (Å²) in [6.45, 7) is 5.29. The third kappa shape index (κ3) is 3.29. The van der Waals surface area contributed by atoms with E-state index < -0.39 is 17.1 Å². The molecule has 1 aliphatic rings. The number of rotatable bonds is 2. The summed E-state index contributed by atoms with van der Waals surface area (Å²) >= 11 is 0. The van der Waals surface area contributed by atoms with E-state index in [1.54, 1.807) is 20.8 Å². The van der Waals surface area contributed by atoms with Gasteiger partial charge in [-0.05, 0) is 39.2 Å². The number of nitrogens with one attached hydrogen (secondary N) is 2. The number of carbonyl (C=O) groups excluding carboxylic acids is 2. The molecule has 2 N–H and O–H groups in total. The van der Waals surface area contributed by atoms with Crippen LogP contribution in [0.5, 0.6) is 0 Å². The molecule has 0 unspecified atom stereocenters. The van der Waals surface area contributed by atoms with Crippen LogP contribution in [0.3, 0.4) is 0 Å². The molecule has 2 amide bonds. The first-order chi connectivity index (χ1) is 9.33. The Morgan fingerprint density at radius 3 is 2.20 bits per heavy atom. The van der Waals surface area contributed by atoms with Crippen molar-refractivity contribution in [2.45, 2.75) is 44.6 Å². The van der Waals surface area contributed by atoms with Crippen molar-refractivity contribution < 1.29 is 14.3 Å². The van der Waals surface area contributed by atoms with Gasteiger partial charge in [-0.2, -0.15) is 0 Å². The van der Waals surface area contributed by atoms with Gasteiger partial charge in [-0.15, -0.1) is 0 Å². The smallest absolute Gasteiger partial charge is 0.426 e. The number of hydrogen-bond donors (Lipinski definition) is 2. The number of ether oxygens (including phenoxy) is 1. The molecule has 1 saturated carbocycles. The molecule has 0 aliphatic heterocycles. The molecule has 0 heterocycles. The average molecular weight is 276 g/mol. The highest BCUT2D eigenvalue weighted by atomic mass is 16.6. The lowest BCUT2D eigenvalue weighted by Crippen LogP contribution is -2.48. The van der Waals surface area contributed by atoms with Crippen LogP contribution in [-0.2, 0) is 14.9 Å². The molecule has 1 aromatic rings. The maximum atomic E-state index is 12.2. The minimum Gasteiger partial charge on any atom is -0.443 e. The predicted molar refractivity (Wildman–Crippen MR) is 74.9 cm³/mol. The zero-order valence-corrected chi connectivity index (χ0v) is 12.0. The van der Waals surface area contributed by atoms with Crippen LogP contribution in [0.25, 0.3) is 0 Å². The standard InChI is InChI=1S/C15H20N2O3/c1-14(2,3)20-13(19)17-16-12(18)15(9-10-15)11-7-5-4-6-8-11/h4-8H,9-10H2,1-3H3,(H,16,18)(H,17,19). The van der Waals surface area contributed by atoms with Gasteiger partial charge in [-0.1, -0.05) is 30.3 Å². The van der Waals surface area contributed by atoms with Crippen LogP contribution in [0.4, 0.5) is 4.79 Å². The van der Waals surface area contributed by atoms with Crippen LogP contribution < -0.4 is 10.9 Å². The lowest BCUT2D eigenvalue weighted by atomic mass is 9.95. The zero-order valence-electron chi connectivity index (χ0n) is 12.0. The molecule has 5 heteroatoms. The normalized spacial score (nSPS) is 16.1. The van der Waals surface area contributed by atoms with Gasteiger partial charge in [-0.25, -0.2) is 10.2 Å². The van der Waals surface area contributed by atoms with E-state index in [2.05, 4.69) is 10.9 Å². The molecule has 1 fully saturated rings. The molecule has 0 saturated heterocycles. The molecule has 1 aromatic carbocycles. The van der Waals surface area contributed by atoms with E-state index in [0.29, 0.717) is 0 Å². The van der Waals surface area contributed by atoms with Gasteiger partial charge in [-0.3, -0.25) is 10.2 Å². The van der Waals surface area contributed by atoms with Crippen LogP contribution in [-0.4, -0.2) is 17.6 Å². The van der Waals surface area contributed by atoms with Crippen LogP contribution >= 0.6 is 0 Å². The Morgan fingerprint density at radius 1 is 1.10 bits per heavy atom. The summed E-state index contributed by atoms with van der Waals surface area (Å²) in [5, 5.41) is 0. The second-order valence-corrected chi connectivity index (χ2v) is 6.03. The second-order valence-electron chi connectivity index (χ2n) is 6.03. The summed E-state index contributed by atoms with van der Waals surface area (Å²) < 4.78 is 5.06. The van der Waals surface area contributed by atoms with E-state index >= 15 is 0 Å². The summed E-state index contributed by atoms with van der Waals surface area (Å²) in [6, 6.07) is 9.59. The topological polar surface area (TPSA) is 67.4 Å². The Hall–Kier alpha value is -2.04. The maximum absolute atomic E-state index is 12.2. The van der Waals surface area contributed by atoms with E-state index in [9.17, 15) is 9.59 Å². The lowest BCUT2D eigenvalue weighted by Gasteiger charge is -2.21. The number of carbonyl (C=O) groups is 2. The first-order valence-electron chi connectivity index (χ1n) is 6.68. The minimum atomic E-state index is -0.658. The van der Waals surface area contributed by atoms with Gasteiger partial charge in [0.05, 0.1) is 5.41 Å². The Balaban J connectivity index is 1.92. The van der Waals surface area contributed by atoms with Gasteiger partial charge in [0.25, 0.3) is 0 Å². The highest BCUT2D eigenvalue weighted by Gasteiger charge is 2.51. The van der Waals surface area contributed by atoms with Crippen molar-refractivity contribution in [2.75, 3.05) is 0 Å². The molecular weight excluding hydrogens is 256 g/mol. The first-order valence-corrected chi connectivity index (χ1v) is 6.68. The molecule has 1 aliphatic carbocycles.